The van der Waals surface area contributed by atoms with Gasteiger partial charge < -0.3 is 10.1 Å². The highest BCUT2D eigenvalue weighted by atomic mass is 32.2. The van der Waals surface area contributed by atoms with Gasteiger partial charge in [-0.15, -0.1) is 0 Å². The number of hydrogen-bond acceptors (Lipinski definition) is 4. The van der Waals surface area contributed by atoms with Crippen molar-refractivity contribution in [1.82, 2.24) is 5.32 Å². The van der Waals surface area contributed by atoms with Crippen LogP contribution in [0, 0.1) is 5.41 Å². The lowest BCUT2D eigenvalue weighted by Gasteiger charge is -2.32. The highest BCUT2D eigenvalue weighted by Crippen LogP contribution is 2.43. The van der Waals surface area contributed by atoms with E-state index in [-0.39, 0.29) is 5.60 Å². The molecule has 102 valence electrons. The summed E-state index contributed by atoms with van der Waals surface area (Å²) in [7, 11) is 0. The van der Waals surface area contributed by atoms with Crippen molar-refractivity contribution in [3.63, 3.8) is 0 Å². The normalized spacial score (nSPS) is 34.8. The summed E-state index contributed by atoms with van der Waals surface area (Å²) in [5.41, 5.74) is 0.579. The van der Waals surface area contributed by atoms with Gasteiger partial charge in [-0.05, 0) is 38.0 Å². The Morgan fingerprint density at radius 1 is 1.28 bits per heavy atom. The van der Waals surface area contributed by atoms with E-state index < -0.39 is 0 Å². The van der Waals surface area contributed by atoms with Crippen molar-refractivity contribution in [2.24, 2.45) is 10.4 Å². The van der Waals surface area contributed by atoms with Gasteiger partial charge in [0.25, 0.3) is 0 Å². The minimum absolute atomic E-state index is 0.0333. The van der Waals surface area contributed by atoms with Crippen LogP contribution in [0.4, 0.5) is 0 Å². The molecule has 0 aromatic rings. The molecule has 1 atom stereocenters. The zero-order valence-electron chi connectivity index (χ0n) is 11.3. The van der Waals surface area contributed by atoms with Crippen molar-refractivity contribution in [3.05, 3.63) is 0 Å². The first-order valence-electron chi connectivity index (χ1n) is 7.25. The van der Waals surface area contributed by atoms with E-state index in [0.29, 0.717) is 5.41 Å². The van der Waals surface area contributed by atoms with Gasteiger partial charge in [-0.2, -0.15) is 0 Å². The van der Waals surface area contributed by atoms with Crippen LogP contribution >= 0.6 is 11.8 Å². The number of rotatable bonds is 2. The van der Waals surface area contributed by atoms with Gasteiger partial charge >= 0.3 is 0 Å². The third-order valence-electron chi connectivity index (χ3n) is 4.65. The van der Waals surface area contributed by atoms with E-state index >= 15 is 0 Å². The fourth-order valence-electron chi connectivity index (χ4n) is 3.33. The van der Waals surface area contributed by atoms with Crippen LogP contribution in [-0.2, 0) is 4.74 Å². The SMILES string of the molecule is CC1(CNC2=NCC3(CCCC3)CS2)CCCO1. The molecule has 0 amide bonds. The van der Waals surface area contributed by atoms with Gasteiger partial charge in [0.15, 0.2) is 5.17 Å². The summed E-state index contributed by atoms with van der Waals surface area (Å²) in [6.07, 6.45) is 7.95. The van der Waals surface area contributed by atoms with Crippen LogP contribution in [0.25, 0.3) is 0 Å². The van der Waals surface area contributed by atoms with Gasteiger partial charge in [0.1, 0.15) is 0 Å². The van der Waals surface area contributed by atoms with E-state index in [1.807, 2.05) is 11.8 Å². The Bertz CT molecular complexity index is 331. The summed E-state index contributed by atoms with van der Waals surface area (Å²) < 4.78 is 5.80. The third-order valence-corrected chi connectivity index (χ3v) is 5.95. The minimum atomic E-state index is 0.0333. The molecule has 2 aliphatic heterocycles. The van der Waals surface area contributed by atoms with Crippen LogP contribution in [0.5, 0.6) is 0 Å². The molecule has 1 saturated carbocycles. The molecule has 0 bridgehead atoms. The van der Waals surface area contributed by atoms with Crippen LogP contribution < -0.4 is 5.32 Å². The zero-order valence-corrected chi connectivity index (χ0v) is 12.2. The van der Waals surface area contributed by atoms with Crippen LogP contribution in [0.3, 0.4) is 0 Å². The van der Waals surface area contributed by atoms with Crippen molar-refractivity contribution in [1.29, 1.82) is 0 Å². The maximum atomic E-state index is 5.80. The molecule has 0 aromatic heterocycles. The van der Waals surface area contributed by atoms with Crippen LogP contribution in [0.2, 0.25) is 0 Å². The fourth-order valence-corrected chi connectivity index (χ4v) is 4.48. The maximum Gasteiger partial charge on any atom is 0.156 e. The lowest BCUT2D eigenvalue weighted by molar-refractivity contribution is 0.0246. The lowest BCUT2D eigenvalue weighted by Crippen LogP contribution is -2.41. The van der Waals surface area contributed by atoms with Crippen LogP contribution in [-0.4, -0.2) is 36.2 Å². The standard InChI is InChI=1S/C14H24N2OS/c1-13(5-4-8-17-13)9-15-12-16-10-14(11-18-12)6-2-3-7-14/h2-11H2,1H3,(H,15,16). The molecular weight excluding hydrogens is 244 g/mol. The summed E-state index contributed by atoms with van der Waals surface area (Å²) in [5, 5.41) is 4.64. The molecule has 0 aromatic carbocycles. The number of ether oxygens (including phenoxy) is 1. The lowest BCUT2D eigenvalue weighted by atomic mass is 9.89. The molecule has 2 fully saturated rings. The van der Waals surface area contributed by atoms with E-state index in [2.05, 4.69) is 12.2 Å². The minimum Gasteiger partial charge on any atom is -0.373 e. The molecule has 1 saturated heterocycles. The molecule has 3 aliphatic rings. The highest BCUT2D eigenvalue weighted by molar-refractivity contribution is 8.13. The Hall–Kier alpha value is -0.220. The van der Waals surface area contributed by atoms with Crippen molar-refractivity contribution >= 4 is 16.9 Å². The van der Waals surface area contributed by atoms with E-state index in [0.717, 1.165) is 24.9 Å². The van der Waals surface area contributed by atoms with Crippen molar-refractivity contribution < 1.29 is 4.74 Å². The molecule has 1 N–H and O–H groups in total. The Balaban J connectivity index is 1.51. The second kappa shape index (κ2) is 5.04. The number of thioether (sulfide) groups is 1. The Morgan fingerprint density at radius 3 is 2.72 bits per heavy atom. The second-order valence-electron chi connectivity index (χ2n) is 6.37. The number of nitrogens with one attached hydrogen (secondary N) is 1. The van der Waals surface area contributed by atoms with Gasteiger partial charge in [-0.25, -0.2) is 0 Å². The molecule has 3 nitrogen and oxygen atoms in total. The van der Waals surface area contributed by atoms with Gasteiger partial charge in [-0.1, -0.05) is 24.6 Å². The zero-order chi connectivity index (χ0) is 12.5. The third kappa shape index (κ3) is 2.69. The summed E-state index contributed by atoms with van der Waals surface area (Å²) in [6.45, 7) is 5.08. The molecular formula is C14H24N2OS. The van der Waals surface area contributed by atoms with Crippen molar-refractivity contribution in [2.45, 2.75) is 51.0 Å². The van der Waals surface area contributed by atoms with E-state index in [4.69, 9.17) is 9.73 Å². The number of nitrogens with zero attached hydrogens (tertiary/aromatic N) is 1. The Labute approximate surface area is 114 Å². The predicted octanol–water partition coefficient (Wildman–Crippen LogP) is 2.81. The van der Waals surface area contributed by atoms with Crippen molar-refractivity contribution in [3.8, 4) is 0 Å². The first-order valence-corrected chi connectivity index (χ1v) is 8.24. The summed E-state index contributed by atoms with van der Waals surface area (Å²) in [6, 6.07) is 0. The van der Waals surface area contributed by atoms with Crippen LogP contribution in [0.1, 0.15) is 45.4 Å². The molecule has 2 heterocycles. The summed E-state index contributed by atoms with van der Waals surface area (Å²) in [4.78, 5) is 4.77. The molecule has 3 rings (SSSR count). The smallest absolute Gasteiger partial charge is 0.156 e. The van der Waals surface area contributed by atoms with Gasteiger partial charge in [-0.3, -0.25) is 4.99 Å². The van der Waals surface area contributed by atoms with E-state index in [1.54, 1.807) is 0 Å². The van der Waals surface area contributed by atoms with E-state index in [9.17, 15) is 0 Å². The summed E-state index contributed by atoms with van der Waals surface area (Å²) in [5.74, 6) is 1.26. The first-order chi connectivity index (χ1) is 8.70. The first kappa shape index (κ1) is 12.8. The molecule has 1 aliphatic carbocycles. The largest absolute Gasteiger partial charge is 0.373 e. The van der Waals surface area contributed by atoms with Gasteiger partial charge in [0.2, 0.25) is 0 Å². The van der Waals surface area contributed by atoms with Gasteiger partial charge in [0.05, 0.1) is 5.60 Å². The monoisotopic (exact) mass is 268 g/mol. The number of hydrogen-bond donors (Lipinski definition) is 1. The molecule has 1 unspecified atom stereocenters. The molecule has 1 spiro atoms. The maximum absolute atomic E-state index is 5.80. The predicted molar refractivity (Wildman–Crippen MR) is 77.3 cm³/mol. The number of amidine groups is 1. The van der Waals surface area contributed by atoms with Crippen molar-refractivity contribution in [2.75, 3.05) is 25.4 Å². The topological polar surface area (TPSA) is 33.6 Å². The molecule has 0 radical (unpaired) electrons. The fraction of sp³-hybridized carbons (Fsp3) is 0.929. The molecule has 4 heteroatoms. The summed E-state index contributed by atoms with van der Waals surface area (Å²) >= 11 is 1.92. The highest BCUT2D eigenvalue weighted by Gasteiger charge is 2.37. The van der Waals surface area contributed by atoms with E-state index in [1.165, 1.54) is 44.3 Å². The number of aliphatic imine (C=N–C) groups is 1. The van der Waals surface area contributed by atoms with Crippen LogP contribution in [0.15, 0.2) is 4.99 Å². The Kier molecular flexibility index (Phi) is 3.59. The quantitative estimate of drug-likeness (QED) is 0.836. The molecule has 18 heavy (non-hydrogen) atoms. The average molecular weight is 268 g/mol. The van der Waals surface area contributed by atoms with Gasteiger partial charge in [0, 0.05) is 25.4 Å². The second-order valence-corrected chi connectivity index (χ2v) is 7.34. The Morgan fingerprint density at radius 2 is 2.11 bits per heavy atom. The average Bonchev–Trinajstić information content (AvgIpc) is 3.00.